The number of anilines is 1. The summed E-state index contributed by atoms with van der Waals surface area (Å²) in [4.78, 5) is 17.9. The zero-order valence-corrected chi connectivity index (χ0v) is 18.8. The number of hydrogen-bond acceptors (Lipinski definition) is 5. The Labute approximate surface area is 185 Å². The van der Waals surface area contributed by atoms with Crippen LogP contribution in [0, 0.1) is 0 Å². The third-order valence-corrected chi connectivity index (χ3v) is 6.52. The maximum absolute atomic E-state index is 13.0. The molecule has 0 spiro atoms. The molecule has 1 N–H and O–H groups in total. The molecule has 0 unspecified atom stereocenters. The average Bonchev–Trinajstić information content (AvgIpc) is 3.33. The van der Waals surface area contributed by atoms with Crippen molar-refractivity contribution in [2.75, 3.05) is 52.3 Å². The minimum absolute atomic E-state index is 0.141. The van der Waals surface area contributed by atoms with Gasteiger partial charge in [-0.05, 0) is 68.1 Å². The third kappa shape index (κ3) is 4.49. The van der Waals surface area contributed by atoms with E-state index < -0.39 is 0 Å². The molecule has 0 radical (unpaired) electrons. The summed E-state index contributed by atoms with van der Waals surface area (Å²) in [5, 5.41) is 3.16. The molecule has 0 bridgehead atoms. The molecule has 0 aromatic heterocycles. The number of nitrogens with zero attached hydrogens (tertiary/aromatic N) is 2. The van der Waals surface area contributed by atoms with Crippen molar-refractivity contribution in [3.63, 3.8) is 0 Å². The van der Waals surface area contributed by atoms with Gasteiger partial charge >= 0.3 is 0 Å². The highest BCUT2D eigenvalue weighted by atomic mass is 16.5. The number of methoxy groups -OCH3 is 2. The maximum Gasteiger partial charge on any atom is 0.255 e. The number of nitrogens with one attached hydrogen (secondary N) is 1. The first-order chi connectivity index (χ1) is 15.1. The lowest BCUT2D eigenvalue weighted by molar-refractivity contribution is 0.0934. The number of amides is 1. The van der Waals surface area contributed by atoms with Crippen LogP contribution >= 0.6 is 0 Å². The Balaban J connectivity index is 1.55. The van der Waals surface area contributed by atoms with E-state index in [-0.39, 0.29) is 11.9 Å². The lowest BCUT2D eigenvalue weighted by atomic mass is 9.96. The summed E-state index contributed by atoms with van der Waals surface area (Å²) < 4.78 is 10.8. The van der Waals surface area contributed by atoms with E-state index in [2.05, 4.69) is 40.4 Å². The Kier molecular flexibility index (Phi) is 6.66. The van der Waals surface area contributed by atoms with Crippen molar-refractivity contribution in [2.45, 2.75) is 31.7 Å². The van der Waals surface area contributed by atoms with Gasteiger partial charge in [-0.1, -0.05) is 18.2 Å². The minimum atomic E-state index is -0.141. The van der Waals surface area contributed by atoms with Crippen LogP contribution in [0.3, 0.4) is 0 Å². The van der Waals surface area contributed by atoms with Crippen molar-refractivity contribution in [3.8, 4) is 11.5 Å². The minimum Gasteiger partial charge on any atom is -0.493 e. The van der Waals surface area contributed by atoms with E-state index >= 15 is 0 Å². The number of carbonyl (C=O) groups is 1. The van der Waals surface area contributed by atoms with Crippen LogP contribution in [0.25, 0.3) is 0 Å². The van der Waals surface area contributed by atoms with Crippen LogP contribution in [-0.2, 0) is 6.42 Å². The molecule has 2 aliphatic rings. The van der Waals surface area contributed by atoms with Gasteiger partial charge in [-0.15, -0.1) is 0 Å². The van der Waals surface area contributed by atoms with Crippen LogP contribution in [0.4, 0.5) is 5.69 Å². The smallest absolute Gasteiger partial charge is 0.255 e. The number of benzene rings is 2. The molecule has 6 nitrogen and oxygen atoms in total. The summed E-state index contributed by atoms with van der Waals surface area (Å²) in [7, 11) is 5.31. The van der Waals surface area contributed by atoms with E-state index in [1.165, 1.54) is 36.1 Å². The molecule has 4 rings (SSSR count). The zero-order valence-electron chi connectivity index (χ0n) is 18.8. The molecule has 2 aliphatic heterocycles. The molecular weight excluding hydrogens is 390 g/mol. The molecule has 166 valence electrons. The summed E-state index contributed by atoms with van der Waals surface area (Å²) in [5.41, 5.74) is 4.53. The number of para-hydroxylation sites is 1. The van der Waals surface area contributed by atoms with Crippen LogP contribution in [0.5, 0.6) is 11.5 Å². The standard InChI is InChI=1S/C25H33N3O3/c1-27-13-7-8-18-16-19(11-12-21(18)27)22(28-14-4-5-15-28)17-26-25(29)20-9-6-10-23(30-2)24(20)31-3/h6,9-12,16,22H,4-5,7-8,13-15,17H2,1-3H3,(H,26,29)/t22-/m1/s1. The first kappa shape index (κ1) is 21.5. The Morgan fingerprint density at radius 2 is 1.87 bits per heavy atom. The highest BCUT2D eigenvalue weighted by molar-refractivity contribution is 5.97. The number of aryl methyl sites for hydroxylation is 1. The fourth-order valence-electron chi connectivity index (χ4n) is 4.87. The molecule has 0 aliphatic carbocycles. The summed E-state index contributed by atoms with van der Waals surface area (Å²) in [6.45, 7) is 3.81. The Morgan fingerprint density at radius 3 is 2.61 bits per heavy atom. The second-order valence-corrected chi connectivity index (χ2v) is 8.42. The molecule has 2 aromatic rings. The van der Waals surface area contributed by atoms with E-state index in [0.717, 1.165) is 26.1 Å². The third-order valence-electron chi connectivity index (χ3n) is 6.52. The summed E-state index contributed by atoms with van der Waals surface area (Å²) >= 11 is 0. The summed E-state index contributed by atoms with van der Waals surface area (Å²) in [5.74, 6) is 0.889. The number of rotatable bonds is 7. The molecule has 1 fully saturated rings. The number of hydrogen-bond donors (Lipinski definition) is 1. The molecule has 1 amide bonds. The first-order valence-corrected chi connectivity index (χ1v) is 11.2. The fraction of sp³-hybridized carbons (Fsp3) is 0.480. The van der Waals surface area contributed by atoms with Crippen molar-refractivity contribution in [3.05, 3.63) is 53.1 Å². The van der Waals surface area contributed by atoms with Gasteiger partial charge < -0.3 is 19.7 Å². The van der Waals surface area contributed by atoms with E-state index in [4.69, 9.17) is 9.47 Å². The second kappa shape index (κ2) is 9.60. The largest absolute Gasteiger partial charge is 0.493 e. The van der Waals surface area contributed by atoms with Crippen molar-refractivity contribution in [1.29, 1.82) is 0 Å². The van der Waals surface area contributed by atoms with E-state index in [1.807, 2.05) is 6.07 Å². The van der Waals surface area contributed by atoms with Crippen LogP contribution in [0.15, 0.2) is 36.4 Å². The van der Waals surface area contributed by atoms with Gasteiger partial charge in [-0.3, -0.25) is 9.69 Å². The monoisotopic (exact) mass is 423 g/mol. The van der Waals surface area contributed by atoms with Gasteiger partial charge in [-0.25, -0.2) is 0 Å². The van der Waals surface area contributed by atoms with Crippen molar-refractivity contribution in [2.24, 2.45) is 0 Å². The Hall–Kier alpha value is -2.73. The van der Waals surface area contributed by atoms with Crippen LogP contribution in [0.1, 0.15) is 46.8 Å². The second-order valence-electron chi connectivity index (χ2n) is 8.42. The van der Waals surface area contributed by atoms with Crippen LogP contribution in [-0.4, -0.2) is 58.3 Å². The number of ether oxygens (including phenoxy) is 2. The lowest BCUT2D eigenvalue weighted by Gasteiger charge is -2.32. The van der Waals surface area contributed by atoms with Gasteiger partial charge in [0.15, 0.2) is 11.5 Å². The molecule has 2 heterocycles. The number of carbonyl (C=O) groups excluding carboxylic acids is 1. The zero-order chi connectivity index (χ0) is 21.8. The van der Waals surface area contributed by atoms with Crippen molar-refractivity contribution >= 4 is 11.6 Å². The van der Waals surface area contributed by atoms with Gasteiger partial charge in [0.2, 0.25) is 0 Å². The molecule has 1 atom stereocenters. The van der Waals surface area contributed by atoms with E-state index in [9.17, 15) is 4.79 Å². The van der Waals surface area contributed by atoms with E-state index in [0.29, 0.717) is 23.6 Å². The predicted molar refractivity (Wildman–Crippen MR) is 123 cm³/mol. The average molecular weight is 424 g/mol. The van der Waals surface area contributed by atoms with Gasteiger partial charge in [0.1, 0.15) is 0 Å². The van der Waals surface area contributed by atoms with Crippen molar-refractivity contribution < 1.29 is 14.3 Å². The van der Waals surface area contributed by atoms with Crippen LogP contribution in [0.2, 0.25) is 0 Å². The van der Waals surface area contributed by atoms with Crippen LogP contribution < -0.4 is 19.7 Å². The molecule has 6 heteroatoms. The molecule has 31 heavy (non-hydrogen) atoms. The highest BCUT2D eigenvalue weighted by Crippen LogP contribution is 2.33. The number of fused-ring (bicyclic) bond motifs is 1. The quantitative estimate of drug-likeness (QED) is 0.737. The highest BCUT2D eigenvalue weighted by Gasteiger charge is 2.26. The normalized spacial score (nSPS) is 17.2. The molecule has 2 aromatic carbocycles. The maximum atomic E-state index is 13.0. The summed E-state index contributed by atoms with van der Waals surface area (Å²) in [6, 6.07) is 12.4. The Bertz CT molecular complexity index is 924. The van der Waals surface area contributed by atoms with Gasteiger partial charge in [0.05, 0.1) is 25.8 Å². The predicted octanol–water partition coefficient (Wildman–Crippen LogP) is 3.65. The van der Waals surface area contributed by atoms with Gasteiger partial charge in [0.25, 0.3) is 5.91 Å². The Morgan fingerprint density at radius 1 is 1.06 bits per heavy atom. The fourth-order valence-corrected chi connectivity index (χ4v) is 4.87. The molecule has 1 saturated heterocycles. The number of likely N-dealkylation sites (tertiary alicyclic amines) is 1. The van der Waals surface area contributed by atoms with E-state index in [1.54, 1.807) is 26.4 Å². The topological polar surface area (TPSA) is 54.0 Å². The first-order valence-electron chi connectivity index (χ1n) is 11.2. The SMILES string of the molecule is COc1cccc(C(=O)NC[C@H](c2ccc3c(c2)CCCN3C)N2CCCC2)c1OC. The molecular formula is C25H33N3O3. The lowest BCUT2D eigenvalue weighted by Crippen LogP contribution is -2.37. The van der Waals surface area contributed by atoms with Crippen molar-refractivity contribution in [1.82, 2.24) is 10.2 Å². The van der Waals surface area contributed by atoms with Gasteiger partial charge in [0, 0.05) is 25.8 Å². The summed E-state index contributed by atoms with van der Waals surface area (Å²) in [6.07, 6.45) is 4.73. The van der Waals surface area contributed by atoms with Gasteiger partial charge in [-0.2, -0.15) is 0 Å². The molecule has 0 saturated carbocycles.